The molecule has 0 radical (unpaired) electrons. The van der Waals surface area contributed by atoms with E-state index in [1.807, 2.05) is 27.7 Å². The predicted octanol–water partition coefficient (Wildman–Crippen LogP) is 1.40. The summed E-state index contributed by atoms with van der Waals surface area (Å²) in [5.74, 6) is -0.808. The third kappa shape index (κ3) is 5.56. The maximum Gasteiger partial charge on any atom is 0.303 e. The Balaban J connectivity index is 4.32. The Labute approximate surface area is 84.7 Å². The first kappa shape index (κ1) is 12.9. The highest BCUT2D eigenvalue weighted by atomic mass is 16.4. The summed E-state index contributed by atoms with van der Waals surface area (Å²) in [6.45, 7) is 7.53. The summed E-state index contributed by atoms with van der Waals surface area (Å²) in [5.41, 5.74) is -0.675. The van der Waals surface area contributed by atoms with Crippen molar-refractivity contribution < 1.29 is 14.7 Å². The maximum atomic E-state index is 10.6. The number of nitrogens with one attached hydrogen (secondary N) is 1. The molecule has 0 aromatic rings. The lowest BCUT2D eigenvalue weighted by Gasteiger charge is -2.33. The molecule has 0 saturated carbocycles. The summed E-state index contributed by atoms with van der Waals surface area (Å²) in [7, 11) is 0. The van der Waals surface area contributed by atoms with Crippen LogP contribution in [0.4, 0.5) is 0 Å². The molecule has 4 nitrogen and oxygen atoms in total. The molecule has 14 heavy (non-hydrogen) atoms. The van der Waals surface area contributed by atoms with Gasteiger partial charge in [-0.1, -0.05) is 13.8 Å². The number of carbonyl (C=O) groups excluding carboxylic acids is 1. The van der Waals surface area contributed by atoms with Crippen LogP contribution in [0, 0.1) is 5.41 Å². The van der Waals surface area contributed by atoms with Crippen LogP contribution in [0.1, 0.15) is 40.5 Å². The summed E-state index contributed by atoms with van der Waals surface area (Å²) in [6.07, 6.45) is 1.39. The number of carbonyl (C=O) groups is 2. The molecule has 2 N–H and O–H groups in total. The molecule has 0 unspecified atom stereocenters. The van der Waals surface area contributed by atoms with Gasteiger partial charge in [0.2, 0.25) is 6.41 Å². The van der Waals surface area contributed by atoms with Gasteiger partial charge in [0, 0.05) is 5.54 Å². The number of amides is 1. The summed E-state index contributed by atoms with van der Waals surface area (Å²) in [5, 5.41) is 11.4. The van der Waals surface area contributed by atoms with Crippen molar-refractivity contribution in [1.82, 2.24) is 5.32 Å². The van der Waals surface area contributed by atoms with E-state index in [1.165, 1.54) is 0 Å². The van der Waals surface area contributed by atoms with Crippen LogP contribution in [0.15, 0.2) is 0 Å². The molecule has 0 saturated heterocycles. The lowest BCUT2D eigenvalue weighted by Crippen LogP contribution is -2.42. The minimum atomic E-state index is -0.808. The van der Waals surface area contributed by atoms with E-state index < -0.39 is 5.97 Å². The van der Waals surface area contributed by atoms with Gasteiger partial charge in [0.1, 0.15) is 0 Å². The summed E-state index contributed by atoms with van der Waals surface area (Å²) >= 11 is 0. The van der Waals surface area contributed by atoms with E-state index in [0.717, 1.165) is 0 Å². The third-order valence-electron chi connectivity index (χ3n) is 2.00. The van der Waals surface area contributed by atoms with Crippen LogP contribution in [0.3, 0.4) is 0 Å². The minimum Gasteiger partial charge on any atom is -0.481 e. The molecular weight excluding hydrogens is 182 g/mol. The van der Waals surface area contributed by atoms with E-state index in [1.54, 1.807) is 0 Å². The Morgan fingerprint density at radius 3 is 2.21 bits per heavy atom. The van der Waals surface area contributed by atoms with Crippen molar-refractivity contribution in [3.8, 4) is 0 Å². The van der Waals surface area contributed by atoms with Gasteiger partial charge in [-0.2, -0.15) is 0 Å². The van der Waals surface area contributed by atoms with E-state index in [4.69, 9.17) is 5.11 Å². The Hall–Kier alpha value is -1.06. The summed E-state index contributed by atoms with van der Waals surface area (Å²) in [4.78, 5) is 20.9. The Morgan fingerprint density at radius 1 is 1.36 bits per heavy atom. The average Bonchev–Trinajstić information content (AvgIpc) is 1.78. The second-order valence-electron chi connectivity index (χ2n) is 5.06. The molecule has 0 spiro atoms. The van der Waals surface area contributed by atoms with Crippen LogP contribution >= 0.6 is 0 Å². The number of carboxylic acids is 1. The first-order valence-electron chi connectivity index (χ1n) is 4.62. The van der Waals surface area contributed by atoms with Gasteiger partial charge < -0.3 is 10.4 Å². The van der Waals surface area contributed by atoms with Gasteiger partial charge in [0.05, 0.1) is 6.42 Å². The Kier molecular flexibility index (Phi) is 4.10. The van der Waals surface area contributed by atoms with Gasteiger partial charge in [-0.3, -0.25) is 9.59 Å². The largest absolute Gasteiger partial charge is 0.481 e. The fourth-order valence-electron chi connectivity index (χ4n) is 1.88. The van der Waals surface area contributed by atoms with Crippen LogP contribution < -0.4 is 5.32 Å². The maximum absolute atomic E-state index is 10.6. The van der Waals surface area contributed by atoms with Crippen LogP contribution in [0.25, 0.3) is 0 Å². The molecule has 82 valence electrons. The van der Waals surface area contributed by atoms with Crippen LogP contribution in [-0.4, -0.2) is 23.0 Å². The van der Waals surface area contributed by atoms with Gasteiger partial charge in [0.15, 0.2) is 0 Å². The third-order valence-corrected chi connectivity index (χ3v) is 2.00. The minimum absolute atomic E-state index is 0.108. The molecule has 0 atom stereocenters. The molecule has 0 aromatic carbocycles. The standard InChI is InChI=1S/C10H19NO3/c1-9(2,5-8(13)14)6-10(3,4)11-7-12/h7H,5-6H2,1-4H3,(H,11,12)(H,13,14). The number of aliphatic carboxylic acids is 1. The fraction of sp³-hybridized carbons (Fsp3) is 0.800. The monoisotopic (exact) mass is 201 g/mol. The summed E-state index contributed by atoms with van der Waals surface area (Å²) in [6, 6.07) is 0. The van der Waals surface area contributed by atoms with Crippen LogP contribution in [-0.2, 0) is 9.59 Å². The molecule has 0 aliphatic carbocycles. The second kappa shape index (κ2) is 4.44. The molecule has 0 heterocycles. The smallest absolute Gasteiger partial charge is 0.303 e. The van der Waals surface area contributed by atoms with Gasteiger partial charge in [-0.15, -0.1) is 0 Å². The zero-order valence-electron chi connectivity index (χ0n) is 9.26. The van der Waals surface area contributed by atoms with E-state index in [9.17, 15) is 9.59 Å². The van der Waals surface area contributed by atoms with Crippen molar-refractivity contribution in [3.63, 3.8) is 0 Å². The van der Waals surface area contributed by atoms with Crippen molar-refractivity contribution in [1.29, 1.82) is 0 Å². The van der Waals surface area contributed by atoms with Gasteiger partial charge in [-0.05, 0) is 25.7 Å². The van der Waals surface area contributed by atoms with Gasteiger partial charge in [0.25, 0.3) is 0 Å². The molecule has 0 bridgehead atoms. The number of hydrogen-bond acceptors (Lipinski definition) is 2. The number of hydrogen-bond donors (Lipinski definition) is 2. The van der Waals surface area contributed by atoms with E-state index >= 15 is 0 Å². The van der Waals surface area contributed by atoms with E-state index in [-0.39, 0.29) is 17.4 Å². The van der Waals surface area contributed by atoms with Gasteiger partial charge >= 0.3 is 5.97 Å². The van der Waals surface area contributed by atoms with E-state index in [2.05, 4.69) is 5.32 Å². The predicted molar refractivity (Wildman–Crippen MR) is 53.9 cm³/mol. The first-order valence-corrected chi connectivity index (χ1v) is 4.62. The molecule has 0 fully saturated rings. The molecule has 0 rings (SSSR count). The van der Waals surface area contributed by atoms with Crippen molar-refractivity contribution in [2.45, 2.75) is 46.1 Å². The Morgan fingerprint density at radius 2 is 1.86 bits per heavy atom. The van der Waals surface area contributed by atoms with Crippen LogP contribution in [0.5, 0.6) is 0 Å². The highest BCUT2D eigenvalue weighted by Gasteiger charge is 2.30. The van der Waals surface area contributed by atoms with Crippen molar-refractivity contribution in [2.24, 2.45) is 5.41 Å². The highest BCUT2D eigenvalue weighted by Crippen LogP contribution is 2.30. The molecule has 0 aliphatic heterocycles. The average molecular weight is 201 g/mol. The quantitative estimate of drug-likeness (QED) is 0.638. The second-order valence-corrected chi connectivity index (χ2v) is 5.06. The van der Waals surface area contributed by atoms with Crippen molar-refractivity contribution in [2.75, 3.05) is 0 Å². The van der Waals surface area contributed by atoms with E-state index in [0.29, 0.717) is 12.8 Å². The molecular formula is C10H19NO3. The van der Waals surface area contributed by atoms with Crippen molar-refractivity contribution >= 4 is 12.4 Å². The number of rotatable bonds is 6. The van der Waals surface area contributed by atoms with Crippen molar-refractivity contribution in [3.05, 3.63) is 0 Å². The topological polar surface area (TPSA) is 66.4 Å². The fourth-order valence-corrected chi connectivity index (χ4v) is 1.88. The zero-order chi connectivity index (χ0) is 11.4. The van der Waals surface area contributed by atoms with Gasteiger partial charge in [-0.25, -0.2) is 0 Å². The zero-order valence-corrected chi connectivity index (χ0v) is 9.26. The molecule has 4 heteroatoms. The van der Waals surface area contributed by atoms with Crippen LogP contribution in [0.2, 0.25) is 0 Å². The first-order chi connectivity index (χ1) is 6.18. The highest BCUT2D eigenvalue weighted by molar-refractivity contribution is 5.67. The lowest BCUT2D eigenvalue weighted by molar-refractivity contribution is -0.139. The number of carboxylic acid groups (broad SMARTS) is 1. The SMILES string of the molecule is CC(C)(CC(=O)O)CC(C)(C)NC=O. The lowest BCUT2D eigenvalue weighted by atomic mass is 9.78. The summed E-state index contributed by atoms with van der Waals surface area (Å²) < 4.78 is 0. The molecule has 1 amide bonds. The normalized spacial score (nSPS) is 12.3. The Bertz CT molecular complexity index is 221. The molecule has 0 aliphatic rings. The molecule has 0 aromatic heterocycles.